The monoisotopic (exact) mass is 418 g/mol. The van der Waals surface area contributed by atoms with Crippen LogP contribution in [0.2, 0.25) is 0 Å². The molecule has 6 nitrogen and oxygen atoms in total. The minimum atomic E-state index is -0.683. The Morgan fingerprint density at radius 1 is 0.667 bits per heavy atom. The number of ether oxygens (including phenoxy) is 2. The molecule has 0 N–H and O–H groups in total. The van der Waals surface area contributed by atoms with Gasteiger partial charge in [-0.2, -0.15) is 0 Å². The highest BCUT2D eigenvalue weighted by molar-refractivity contribution is 5.83. The molecule has 1 aromatic carbocycles. The minimum absolute atomic E-state index is 0.0563. The van der Waals surface area contributed by atoms with Crippen LogP contribution in [-0.4, -0.2) is 37.7 Å². The van der Waals surface area contributed by atoms with Crippen LogP contribution < -0.4 is 0 Å². The predicted molar refractivity (Wildman–Crippen MR) is 114 cm³/mol. The summed E-state index contributed by atoms with van der Waals surface area (Å²) in [7, 11) is 2.69. The summed E-state index contributed by atoms with van der Waals surface area (Å²) in [6.45, 7) is 7.07. The van der Waals surface area contributed by atoms with Gasteiger partial charge in [-0.1, -0.05) is 24.3 Å². The van der Waals surface area contributed by atoms with Gasteiger partial charge >= 0.3 is 11.9 Å². The molecule has 1 rings (SSSR count). The number of esters is 2. The average molecular weight is 419 g/mol. The zero-order valence-electron chi connectivity index (χ0n) is 19.0. The Morgan fingerprint density at radius 3 is 1.23 bits per heavy atom. The van der Waals surface area contributed by atoms with E-state index in [0.717, 1.165) is 11.1 Å². The van der Waals surface area contributed by atoms with Crippen molar-refractivity contribution in [2.45, 2.75) is 66.2 Å². The number of hydrogen-bond acceptors (Lipinski definition) is 6. The molecule has 0 spiro atoms. The molecule has 0 radical (unpaired) electrons. The van der Waals surface area contributed by atoms with E-state index in [1.807, 2.05) is 24.3 Å². The van der Waals surface area contributed by atoms with E-state index in [4.69, 9.17) is 9.47 Å². The first-order valence-electron chi connectivity index (χ1n) is 10.2. The normalized spacial score (nSPS) is 11.7. The van der Waals surface area contributed by atoms with Crippen molar-refractivity contribution in [3.05, 3.63) is 35.4 Å². The SMILES string of the molecule is COC(=O)C(C)(C)CCC(=O)Cc1ccc(CC(=O)CCC(C)(C)C(=O)OC)cc1. The van der Waals surface area contributed by atoms with Crippen molar-refractivity contribution < 1.29 is 28.7 Å². The zero-order chi connectivity index (χ0) is 22.9. The van der Waals surface area contributed by atoms with E-state index in [1.165, 1.54) is 14.2 Å². The lowest BCUT2D eigenvalue weighted by molar-refractivity contribution is -0.152. The molecule has 0 fully saturated rings. The second-order valence-electron chi connectivity index (χ2n) is 9.00. The average Bonchev–Trinajstić information content (AvgIpc) is 2.71. The summed E-state index contributed by atoms with van der Waals surface area (Å²) < 4.78 is 9.53. The first kappa shape index (κ1) is 25.5. The number of hydrogen-bond donors (Lipinski definition) is 0. The molecule has 0 unspecified atom stereocenters. The number of carbonyl (C=O) groups excluding carboxylic acids is 4. The van der Waals surface area contributed by atoms with Crippen molar-refractivity contribution >= 4 is 23.5 Å². The maximum absolute atomic E-state index is 12.2. The highest BCUT2D eigenvalue weighted by Gasteiger charge is 2.30. The van der Waals surface area contributed by atoms with Gasteiger partial charge in [0, 0.05) is 25.7 Å². The third kappa shape index (κ3) is 8.09. The summed E-state index contributed by atoms with van der Waals surface area (Å²) in [6.07, 6.45) is 2.06. The van der Waals surface area contributed by atoms with E-state index in [-0.39, 0.29) is 23.5 Å². The maximum atomic E-state index is 12.2. The van der Waals surface area contributed by atoms with Crippen LogP contribution in [0.5, 0.6) is 0 Å². The lowest BCUT2D eigenvalue weighted by Gasteiger charge is -2.20. The Hall–Kier alpha value is -2.50. The van der Waals surface area contributed by atoms with E-state index in [9.17, 15) is 19.2 Å². The maximum Gasteiger partial charge on any atom is 0.311 e. The smallest absolute Gasteiger partial charge is 0.311 e. The molecule has 0 bridgehead atoms. The van der Waals surface area contributed by atoms with Gasteiger partial charge in [-0.15, -0.1) is 0 Å². The van der Waals surface area contributed by atoms with Crippen LogP contribution in [0.1, 0.15) is 64.5 Å². The van der Waals surface area contributed by atoms with Crippen LogP contribution in [0.4, 0.5) is 0 Å². The molecule has 0 heterocycles. The van der Waals surface area contributed by atoms with Crippen molar-refractivity contribution in [2.75, 3.05) is 14.2 Å². The molecule has 0 aliphatic carbocycles. The van der Waals surface area contributed by atoms with E-state index >= 15 is 0 Å². The van der Waals surface area contributed by atoms with Crippen molar-refractivity contribution in [1.82, 2.24) is 0 Å². The molecule has 30 heavy (non-hydrogen) atoms. The summed E-state index contributed by atoms with van der Waals surface area (Å²) in [4.78, 5) is 47.9. The van der Waals surface area contributed by atoms with Crippen LogP contribution >= 0.6 is 0 Å². The number of Topliss-reactive ketones (excluding diaryl/α,β-unsaturated/α-hetero) is 2. The largest absolute Gasteiger partial charge is 0.469 e. The molecule has 0 atom stereocenters. The summed E-state index contributed by atoms with van der Waals surface area (Å²) in [5, 5.41) is 0. The Morgan fingerprint density at radius 2 is 0.967 bits per heavy atom. The molecule has 1 aromatic rings. The van der Waals surface area contributed by atoms with Gasteiger partial charge in [-0.05, 0) is 51.7 Å². The van der Waals surface area contributed by atoms with Crippen LogP contribution in [0.3, 0.4) is 0 Å². The van der Waals surface area contributed by atoms with Crippen LogP contribution in [0, 0.1) is 10.8 Å². The minimum Gasteiger partial charge on any atom is -0.469 e. The van der Waals surface area contributed by atoms with Gasteiger partial charge in [0.25, 0.3) is 0 Å². The fraction of sp³-hybridized carbons (Fsp3) is 0.583. The van der Waals surface area contributed by atoms with Crippen molar-refractivity contribution in [3.8, 4) is 0 Å². The summed E-state index contributed by atoms with van der Waals surface area (Å²) in [5.74, 6) is -0.528. The highest BCUT2D eigenvalue weighted by Crippen LogP contribution is 2.25. The molecule has 0 saturated heterocycles. The van der Waals surface area contributed by atoms with Gasteiger partial charge < -0.3 is 9.47 Å². The molecule has 6 heteroatoms. The lowest BCUT2D eigenvalue weighted by Crippen LogP contribution is -2.26. The quantitative estimate of drug-likeness (QED) is 0.479. The van der Waals surface area contributed by atoms with Gasteiger partial charge in [0.1, 0.15) is 11.6 Å². The van der Waals surface area contributed by atoms with Gasteiger partial charge in [-0.3, -0.25) is 19.2 Å². The van der Waals surface area contributed by atoms with E-state index < -0.39 is 10.8 Å². The van der Waals surface area contributed by atoms with Gasteiger partial charge in [0.15, 0.2) is 0 Å². The first-order valence-corrected chi connectivity index (χ1v) is 10.2. The van der Waals surface area contributed by atoms with Crippen molar-refractivity contribution in [2.24, 2.45) is 10.8 Å². The predicted octanol–water partition coefficient (Wildman–Crippen LogP) is 3.87. The van der Waals surface area contributed by atoms with E-state index in [0.29, 0.717) is 38.5 Å². The number of rotatable bonds is 12. The third-order valence-electron chi connectivity index (χ3n) is 5.36. The summed E-state index contributed by atoms with van der Waals surface area (Å²) >= 11 is 0. The Bertz CT molecular complexity index is 693. The van der Waals surface area contributed by atoms with Crippen LogP contribution in [0.25, 0.3) is 0 Å². The van der Waals surface area contributed by atoms with Crippen LogP contribution in [0.15, 0.2) is 24.3 Å². The molecule has 0 aliphatic rings. The fourth-order valence-corrected chi connectivity index (χ4v) is 3.07. The number of benzene rings is 1. The van der Waals surface area contributed by atoms with Crippen LogP contribution in [-0.2, 0) is 41.5 Å². The lowest BCUT2D eigenvalue weighted by atomic mass is 9.86. The van der Waals surface area contributed by atoms with Gasteiger partial charge in [0.2, 0.25) is 0 Å². The summed E-state index contributed by atoms with van der Waals surface area (Å²) in [6, 6.07) is 7.41. The van der Waals surface area contributed by atoms with E-state index in [2.05, 4.69) is 0 Å². The molecular weight excluding hydrogens is 384 g/mol. The second kappa shape index (κ2) is 11.0. The molecule has 0 saturated carbocycles. The Kier molecular flexibility index (Phi) is 9.40. The molecule has 166 valence electrons. The second-order valence-corrected chi connectivity index (χ2v) is 9.00. The Labute approximate surface area is 179 Å². The third-order valence-corrected chi connectivity index (χ3v) is 5.36. The molecule has 0 aliphatic heterocycles. The zero-order valence-corrected chi connectivity index (χ0v) is 19.0. The topological polar surface area (TPSA) is 86.7 Å². The molecular formula is C24H34O6. The van der Waals surface area contributed by atoms with Crippen molar-refractivity contribution in [3.63, 3.8) is 0 Å². The Balaban J connectivity index is 2.51. The van der Waals surface area contributed by atoms with Crippen molar-refractivity contribution in [1.29, 1.82) is 0 Å². The fourth-order valence-electron chi connectivity index (χ4n) is 3.07. The number of ketones is 2. The van der Waals surface area contributed by atoms with Gasteiger partial charge in [-0.25, -0.2) is 0 Å². The molecule has 0 amide bonds. The number of carbonyl (C=O) groups is 4. The first-order chi connectivity index (χ1) is 13.9. The number of methoxy groups -OCH3 is 2. The van der Waals surface area contributed by atoms with Gasteiger partial charge in [0.05, 0.1) is 25.0 Å². The van der Waals surface area contributed by atoms with E-state index in [1.54, 1.807) is 27.7 Å². The standard InChI is InChI=1S/C24H34O6/c1-23(2,21(27)29-5)13-11-19(25)15-17-7-9-18(10-8-17)16-20(26)12-14-24(3,4)22(28)30-6/h7-10H,11-16H2,1-6H3. The summed E-state index contributed by atoms with van der Waals surface area (Å²) in [5.41, 5.74) is 0.381. The highest BCUT2D eigenvalue weighted by atomic mass is 16.5. The molecule has 0 aromatic heterocycles.